The predicted molar refractivity (Wildman–Crippen MR) is 66.2 cm³/mol. The van der Waals surface area contributed by atoms with E-state index in [1.807, 2.05) is 4.90 Å². The van der Waals surface area contributed by atoms with Gasteiger partial charge in [0.1, 0.15) is 6.20 Å². The second-order valence-corrected chi connectivity index (χ2v) is 4.43. The van der Waals surface area contributed by atoms with Gasteiger partial charge in [-0.25, -0.2) is 0 Å². The normalized spacial score (nSPS) is 16.6. The maximum Gasteiger partial charge on any atom is 0.330 e. The van der Waals surface area contributed by atoms with E-state index in [9.17, 15) is 14.9 Å². The molecule has 0 spiro atoms. The Morgan fingerprint density at radius 2 is 2.11 bits per heavy atom. The Bertz CT molecular complexity index is 492. The van der Waals surface area contributed by atoms with Crippen molar-refractivity contribution in [3.05, 3.63) is 16.3 Å². The minimum absolute atomic E-state index is 0.00183. The molecule has 0 saturated carbocycles. The summed E-state index contributed by atoms with van der Waals surface area (Å²) in [6.07, 6.45) is 1.37. The fraction of sp³-hybridized carbons (Fsp3) is 0.600. The molecule has 0 aromatic carbocycles. The van der Waals surface area contributed by atoms with Crippen LogP contribution in [0.1, 0.15) is 0 Å². The van der Waals surface area contributed by atoms with Crippen LogP contribution >= 0.6 is 0 Å². The van der Waals surface area contributed by atoms with E-state index in [-0.39, 0.29) is 12.2 Å². The molecule has 1 saturated heterocycles. The molecule has 0 atom stereocenters. The largest absolute Gasteiger partial charge is 0.480 e. The molecule has 1 aromatic heterocycles. The van der Waals surface area contributed by atoms with Crippen LogP contribution in [0.4, 0.5) is 11.5 Å². The number of nitrogens with zero attached hydrogens (tertiary/aromatic N) is 5. The molecule has 9 heteroatoms. The molecule has 104 valence electrons. The van der Waals surface area contributed by atoms with Gasteiger partial charge in [-0.05, 0) is 0 Å². The van der Waals surface area contributed by atoms with Crippen LogP contribution in [0.3, 0.4) is 0 Å². The van der Waals surface area contributed by atoms with Gasteiger partial charge in [0.25, 0.3) is 0 Å². The Morgan fingerprint density at radius 3 is 2.63 bits per heavy atom. The fourth-order valence-electron chi connectivity index (χ4n) is 2.13. The minimum Gasteiger partial charge on any atom is -0.480 e. The molecule has 19 heavy (non-hydrogen) atoms. The van der Waals surface area contributed by atoms with Crippen LogP contribution in [0.5, 0.6) is 0 Å². The lowest BCUT2D eigenvalue weighted by Gasteiger charge is -2.33. The highest BCUT2D eigenvalue weighted by molar-refractivity contribution is 5.69. The molecule has 2 rings (SSSR count). The topological polar surface area (TPSA) is 105 Å². The molecule has 1 fully saturated rings. The number of hydrogen-bond acceptors (Lipinski definition) is 6. The summed E-state index contributed by atoms with van der Waals surface area (Å²) in [5.41, 5.74) is -0.0193. The molecule has 0 bridgehead atoms. The number of nitro groups is 1. The first-order valence-corrected chi connectivity index (χ1v) is 5.84. The number of carboxylic acid groups (broad SMARTS) is 1. The molecule has 9 nitrogen and oxygen atoms in total. The minimum atomic E-state index is -0.864. The van der Waals surface area contributed by atoms with Gasteiger partial charge in [-0.3, -0.25) is 24.5 Å². The van der Waals surface area contributed by atoms with Gasteiger partial charge in [-0.15, -0.1) is 5.10 Å². The quantitative estimate of drug-likeness (QED) is 0.582. The Balaban J connectivity index is 2.05. The third kappa shape index (κ3) is 2.99. The highest BCUT2D eigenvalue weighted by Gasteiger charge is 2.27. The van der Waals surface area contributed by atoms with Crippen molar-refractivity contribution >= 4 is 17.5 Å². The summed E-state index contributed by atoms with van der Waals surface area (Å²) in [6, 6.07) is 0. The fourth-order valence-corrected chi connectivity index (χ4v) is 2.13. The summed E-state index contributed by atoms with van der Waals surface area (Å²) in [7, 11) is 1.64. The Hall–Kier alpha value is -2.16. The number of aliphatic carboxylic acids is 1. The van der Waals surface area contributed by atoms with Crippen LogP contribution in [0.25, 0.3) is 0 Å². The van der Waals surface area contributed by atoms with Gasteiger partial charge >= 0.3 is 11.7 Å². The zero-order valence-electron chi connectivity index (χ0n) is 10.5. The van der Waals surface area contributed by atoms with E-state index in [0.717, 1.165) is 0 Å². The number of hydrogen-bond donors (Lipinski definition) is 1. The third-order valence-corrected chi connectivity index (χ3v) is 3.02. The monoisotopic (exact) mass is 269 g/mol. The standard InChI is InChI=1S/C10H15N5O4/c1-12-6-8(15(18)19)10(11-12)14-4-2-13(3-5-14)7-9(16)17/h6H,2-5,7H2,1H3,(H,16,17). The van der Waals surface area contributed by atoms with Crippen molar-refractivity contribution in [1.82, 2.24) is 14.7 Å². The summed E-state index contributed by atoms with van der Waals surface area (Å²) in [6.45, 7) is 2.18. The van der Waals surface area contributed by atoms with E-state index in [4.69, 9.17) is 5.11 Å². The summed E-state index contributed by atoms with van der Waals surface area (Å²) in [5.74, 6) is -0.514. The van der Waals surface area contributed by atoms with Crippen LogP contribution in [0.15, 0.2) is 6.20 Å². The first-order chi connectivity index (χ1) is 8.97. The predicted octanol–water partition coefficient (Wildman–Crippen LogP) is -0.465. The van der Waals surface area contributed by atoms with Gasteiger partial charge in [-0.1, -0.05) is 0 Å². The van der Waals surface area contributed by atoms with E-state index in [1.54, 1.807) is 11.9 Å². The zero-order valence-corrected chi connectivity index (χ0v) is 10.5. The summed E-state index contributed by atoms with van der Waals surface area (Å²) in [5, 5.41) is 23.7. The number of rotatable bonds is 4. The zero-order chi connectivity index (χ0) is 14.0. The smallest absolute Gasteiger partial charge is 0.330 e. The Labute approximate surface area is 109 Å². The second kappa shape index (κ2) is 5.22. The maximum absolute atomic E-state index is 10.9. The van der Waals surface area contributed by atoms with E-state index in [2.05, 4.69) is 5.10 Å². The van der Waals surface area contributed by atoms with Crippen LogP contribution in [-0.2, 0) is 11.8 Å². The van der Waals surface area contributed by atoms with Gasteiger partial charge in [0.15, 0.2) is 0 Å². The maximum atomic E-state index is 10.9. The molecule has 0 radical (unpaired) electrons. The molecule has 1 aliphatic heterocycles. The lowest BCUT2D eigenvalue weighted by Crippen LogP contribution is -2.48. The van der Waals surface area contributed by atoms with E-state index < -0.39 is 10.9 Å². The lowest BCUT2D eigenvalue weighted by molar-refractivity contribution is -0.384. The van der Waals surface area contributed by atoms with Crippen molar-refractivity contribution in [1.29, 1.82) is 0 Å². The lowest BCUT2D eigenvalue weighted by atomic mass is 10.3. The first-order valence-electron chi connectivity index (χ1n) is 5.84. The van der Waals surface area contributed by atoms with Crippen molar-refractivity contribution in [2.24, 2.45) is 7.05 Å². The van der Waals surface area contributed by atoms with Crippen LogP contribution in [-0.4, -0.2) is 63.4 Å². The number of aryl methyl sites for hydroxylation is 1. The highest BCUT2D eigenvalue weighted by atomic mass is 16.6. The van der Waals surface area contributed by atoms with Crippen molar-refractivity contribution in [3.63, 3.8) is 0 Å². The average Bonchev–Trinajstić information content (AvgIpc) is 2.72. The SMILES string of the molecule is Cn1cc([N+](=O)[O-])c(N2CCN(CC(=O)O)CC2)n1. The Kier molecular flexibility index (Phi) is 3.65. The molecule has 2 heterocycles. The molecule has 0 amide bonds. The van der Waals surface area contributed by atoms with Gasteiger partial charge in [0.05, 0.1) is 11.5 Å². The van der Waals surface area contributed by atoms with Crippen molar-refractivity contribution < 1.29 is 14.8 Å². The molecule has 1 N–H and O–H groups in total. The van der Waals surface area contributed by atoms with Gasteiger partial charge in [0, 0.05) is 33.2 Å². The molecule has 0 unspecified atom stereocenters. The van der Waals surface area contributed by atoms with E-state index in [1.165, 1.54) is 10.9 Å². The Morgan fingerprint density at radius 1 is 1.47 bits per heavy atom. The molecule has 0 aliphatic carbocycles. The molecule has 1 aromatic rings. The van der Waals surface area contributed by atoms with Crippen LogP contribution in [0.2, 0.25) is 0 Å². The molecular weight excluding hydrogens is 254 g/mol. The number of aromatic nitrogens is 2. The number of carbonyl (C=O) groups is 1. The van der Waals surface area contributed by atoms with Gasteiger partial charge in [-0.2, -0.15) is 0 Å². The average molecular weight is 269 g/mol. The van der Waals surface area contributed by atoms with Crippen LogP contribution < -0.4 is 4.90 Å². The van der Waals surface area contributed by atoms with E-state index in [0.29, 0.717) is 32.0 Å². The first kappa shape index (κ1) is 13.3. The highest BCUT2D eigenvalue weighted by Crippen LogP contribution is 2.26. The second-order valence-electron chi connectivity index (χ2n) is 4.43. The van der Waals surface area contributed by atoms with Gasteiger partial charge < -0.3 is 10.0 Å². The van der Waals surface area contributed by atoms with E-state index >= 15 is 0 Å². The number of anilines is 1. The number of piperazine rings is 1. The van der Waals surface area contributed by atoms with Crippen molar-refractivity contribution in [3.8, 4) is 0 Å². The summed E-state index contributed by atoms with van der Waals surface area (Å²) in [4.78, 5) is 24.7. The van der Waals surface area contributed by atoms with Crippen molar-refractivity contribution in [2.45, 2.75) is 0 Å². The summed E-state index contributed by atoms with van der Waals surface area (Å²) < 4.78 is 1.41. The number of carboxylic acids is 1. The molecule has 1 aliphatic rings. The third-order valence-electron chi connectivity index (χ3n) is 3.02. The van der Waals surface area contributed by atoms with Crippen LogP contribution in [0, 0.1) is 10.1 Å². The van der Waals surface area contributed by atoms with Gasteiger partial charge in [0.2, 0.25) is 5.82 Å². The molecular formula is C10H15N5O4. The summed E-state index contributed by atoms with van der Waals surface area (Å²) >= 11 is 0. The van der Waals surface area contributed by atoms with Crippen molar-refractivity contribution in [2.75, 3.05) is 37.6 Å².